The molecule has 0 saturated carbocycles. The van der Waals surface area contributed by atoms with E-state index in [1.807, 2.05) is 13.0 Å². The maximum atomic E-state index is 13.5. The number of nitrogens with zero attached hydrogens (tertiary/aromatic N) is 2. The lowest BCUT2D eigenvalue weighted by molar-refractivity contribution is 0.0992. The number of furan rings is 1. The van der Waals surface area contributed by atoms with Gasteiger partial charge in [0.25, 0.3) is 5.91 Å². The van der Waals surface area contributed by atoms with Crippen molar-refractivity contribution in [2.45, 2.75) is 27.0 Å². The van der Waals surface area contributed by atoms with Crippen LogP contribution in [0.1, 0.15) is 33.3 Å². The Labute approximate surface area is 199 Å². The zero-order valence-electron chi connectivity index (χ0n) is 17.9. The summed E-state index contributed by atoms with van der Waals surface area (Å²) in [6.45, 7) is 4.09. The highest BCUT2D eigenvalue weighted by molar-refractivity contribution is 6.42. The lowest BCUT2D eigenvalue weighted by atomic mass is 10.2. The van der Waals surface area contributed by atoms with E-state index in [-0.39, 0.29) is 18.2 Å². The Morgan fingerprint density at radius 1 is 1.15 bits per heavy atom. The van der Waals surface area contributed by atoms with Gasteiger partial charge in [0.2, 0.25) is 0 Å². The zero-order valence-corrected chi connectivity index (χ0v) is 19.4. The van der Waals surface area contributed by atoms with Gasteiger partial charge >= 0.3 is 0 Å². The van der Waals surface area contributed by atoms with Crippen LogP contribution in [0.5, 0.6) is 5.75 Å². The average Bonchev–Trinajstić information content (AvgIpc) is 3.35. The van der Waals surface area contributed by atoms with Crippen LogP contribution in [0.15, 0.2) is 59.0 Å². The van der Waals surface area contributed by atoms with Crippen LogP contribution in [0.4, 0.5) is 10.1 Å². The van der Waals surface area contributed by atoms with E-state index in [0.717, 1.165) is 11.3 Å². The Hall–Kier alpha value is -3.29. The van der Waals surface area contributed by atoms with E-state index in [9.17, 15) is 9.18 Å². The number of nitrogens with one attached hydrogen (secondary N) is 1. The minimum absolute atomic E-state index is 0.0803. The summed E-state index contributed by atoms with van der Waals surface area (Å²) in [6, 6.07) is 14.6. The van der Waals surface area contributed by atoms with Crippen molar-refractivity contribution >= 4 is 34.8 Å². The number of rotatable bonds is 7. The van der Waals surface area contributed by atoms with Crippen molar-refractivity contribution in [3.63, 3.8) is 0 Å². The Morgan fingerprint density at radius 3 is 2.73 bits per heavy atom. The first-order chi connectivity index (χ1) is 15.8. The van der Waals surface area contributed by atoms with Crippen molar-refractivity contribution in [2.24, 2.45) is 0 Å². The molecule has 0 radical (unpaired) electrons. The third-order valence-electron chi connectivity index (χ3n) is 5.01. The SMILES string of the molecule is Cc1nn(Cc2cccc(F)c2)c(C)c1NC(=O)c1ccc(COc2cccc(Cl)c2Cl)o1. The zero-order chi connectivity index (χ0) is 23.5. The molecule has 2 heterocycles. The van der Waals surface area contributed by atoms with Gasteiger partial charge in [-0.3, -0.25) is 9.48 Å². The molecule has 9 heteroatoms. The van der Waals surface area contributed by atoms with E-state index in [1.165, 1.54) is 12.1 Å². The van der Waals surface area contributed by atoms with Crippen molar-refractivity contribution in [3.05, 3.63) is 98.9 Å². The molecule has 0 aliphatic heterocycles. The minimum Gasteiger partial charge on any atom is -0.484 e. The van der Waals surface area contributed by atoms with Crippen LogP contribution in [-0.2, 0) is 13.2 Å². The van der Waals surface area contributed by atoms with Crippen molar-refractivity contribution in [2.75, 3.05) is 5.32 Å². The van der Waals surface area contributed by atoms with Gasteiger partial charge in [-0.15, -0.1) is 0 Å². The summed E-state index contributed by atoms with van der Waals surface area (Å²) >= 11 is 12.1. The first kappa shape index (κ1) is 22.9. The maximum absolute atomic E-state index is 13.5. The molecule has 4 aromatic rings. The quantitative estimate of drug-likeness (QED) is 0.326. The molecule has 2 aromatic heterocycles. The molecule has 33 heavy (non-hydrogen) atoms. The number of hydrogen-bond donors (Lipinski definition) is 1. The molecule has 6 nitrogen and oxygen atoms in total. The average molecular weight is 488 g/mol. The monoisotopic (exact) mass is 487 g/mol. The lowest BCUT2D eigenvalue weighted by Crippen LogP contribution is -2.12. The van der Waals surface area contributed by atoms with E-state index >= 15 is 0 Å². The molecule has 170 valence electrons. The van der Waals surface area contributed by atoms with Gasteiger partial charge in [-0.1, -0.05) is 41.4 Å². The summed E-state index contributed by atoms with van der Waals surface area (Å²) in [7, 11) is 0. The highest BCUT2D eigenvalue weighted by atomic mass is 35.5. The lowest BCUT2D eigenvalue weighted by Gasteiger charge is -2.07. The Morgan fingerprint density at radius 2 is 1.94 bits per heavy atom. The van der Waals surface area contributed by atoms with Crippen LogP contribution < -0.4 is 10.1 Å². The number of hydrogen-bond acceptors (Lipinski definition) is 4. The number of carbonyl (C=O) groups is 1. The van der Waals surface area contributed by atoms with E-state index in [0.29, 0.717) is 39.5 Å². The third-order valence-corrected chi connectivity index (χ3v) is 5.81. The van der Waals surface area contributed by atoms with Gasteiger partial charge in [0.1, 0.15) is 29.0 Å². The molecule has 1 N–H and O–H groups in total. The van der Waals surface area contributed by atoms with Crippen molar-refractivity contribution in [1.82, 2.24) is 9.78 Å². The standard InChI is InChI=1S/C24H20Cl2FN3O3/c1-14-23(15(2)30(29-14)12-16-5-3-6-17(27)11-16)28-24(31)21-10-9-18(33-21)13-32-20-8-4-7-19(25)22(20)26/h3-11H,12-13H2,1-2H3,(H,28,31). The number of aromatic nitrogens is 2. The summed E-state index contributed by atoms with van der Waals surface area (Å²) in [5.41, 5.74) is 2.74. The number of ether oxygens (including phenoxy) is 1. The van der Waals surface area contributed by atoms with Crippen LogP contribution in [0.2, 0.25) is 10.0 Å². The molecular weight excluding hydrogens is 468 g/mol. The first-order valence-electron chi connectivity index (χ1n) is 10.1. The molecule has 4 rings (SSSR count). The molecule has 0 bridgehead atoms. The van der Waals surface area contributed by atoms with Gasteiger partial charge in [-0.2, -0.15) is 5.10 Å². The second-order valence-corrected chi connectivity index (χ2v) is 8.18. The number of aryl methyl sites for hydroxylation is 1. The molecule has 0 aliphatic carbocycles. The van der Waals surface area contributed by atoms with Gasteiger partial charge in [0.15, 0.2) is 5.76 Å². The van der Waals surface area contributed by atoms with Crippen LogP contribution in [0.3, 0.4) is 0 Å². The molecule has 2 aromatic carbocycles. The fourth-order valence-corrected chi connectivity index (χ4v) is 3.68. The Bertz CT molecular complexity index is 1320. The van der Waals surface area contributed by atoms with Gasteiger partial charge < -0.3 is 14.5 Å². The summed E-state index contributed by atoms with van der Waals surface area (Å²) < 4.78 is 26.5. The molecule has 0 unspecified atom stereocenters. The largest absolute Gasteiger partial charge is 0.484 e. The normalized spacial score (nSPS) is 10.9. The number of amides is 1. The highest BCUT2D eigenvalue weighted by Gasteiger charge is 2.18. The number of carbonyl (C=O) groups excluding carboxylic acids is 1. The van der Waals surface area contributed by atoms with Crippen LogP contribution in [0.25, 0.3) is 0 Å². The molecule has 0 saturated heterocycles. The Balaban J connectivity index is 1.43. The predicted octanol–water partition coefficient (Wildman–Crippen LogP) is 6.42. The minimum atomic E-state index is -0.418. The topological polar surface area (TPSA) is 69.3 Å². The van der Waals surface area contributed by atoms with E-state index in [4.69, 9.17) is 32.4 Å². The molecular formula is C24H20Cl2FN3O3. The van der Waals surface area contributed by atoms with Crippen LogP contribution >= 0.6 is 23.2 Å². The molecule has 1 amide bonds. The second kappa shape index (κ2) is 9.68. The van der Waals surface area contributed by atoms with Gasteiger partial charge in [0.05, 0.1) is 28.6 Å². The Kier molecular flexibility index (Phi) is 6.72. The van der Waals surface area contributed by atoms with E-state index in [1.54, 1.807) is 48.0 Å². The molecule has 0 fully saturated rings. The second-order valence-electron chi connectivity index (χ2n) is 7.39. The number of benzene rings is 2. The summed E-state index contributed by atoms with van der Waals surface area (Å²) in [5.74, 6) is 0.272. The van der Waals surface area contributed by atoms with Crippen LogP contribution in [-0.4, -0.2) is 15.7 Å². The first-order valence-corrected chi connectivity index (χ1v) is 10.8. The predicted molar refractivity (Wildman–Crippen MR) is 125 cm³/mol. The van der Waals surface area contributed by atoms with Crippen molar-refractivity contribution in [3.8, 4) is 5.75 Å². The fraction of sp³-hybridized carbons (Fsp3) is 0.167. The van der Waals surface area contributed by atoms with Gasteiger partial charge in [-0.25, -0.2) is 4.39 Å². The van der Waals surface area contributed by atoms with E-state index in [2.05, 4.69) is 10.4 Å². The molecule has 0 spiro atoms. The summed E-state index contributed by atoms with van der Waals surface area (Å²) in [4.78, 5) is 12.7. The van der Waals surface area contributed by atoms with Crippen molar-refractivity contribution < 1.29 is 18.3 Å². The third kappa shape index (κ3) is 5.21. The highest BCUT2D eigenvalue weighted by Crippen LogP contribution is 2.32. The molecule has 0 atom stereocenters. The van der Waals surface area contributed by atoms with E-state index < -0.39 is 5.91 Å². The summed E-state index contributed by atoms with van der Waals surface area (Å²) in [6.07, 6.45) is 0. The summed E-state index contributed by atoms with van der Waals surface area (Å²) in [5, 5.41) is 8.01. The number of anilines is 1. The fourth-order valence-electron chi connectivity index (χ4n) is 3.34. The smallest absolute Gasteiger partial charge is 0.291 e. The molecule has 0 aliphatic rings. The number of halogens is 3. The van der Waals surface area contributed by atoms with Gasteiger partial charge in [0, 0.05) is 0 Å². The maximum Gasteiger partial charge on any atom is 0.291 e. The van der Waals surface area contributed by atoms with Gasteiger partial charge in [-0.05, 0) is 55.8 Å². The van der Waals surface area contributed by atoms with Crippen molar-refractivity contribution in [1.29, 1.82) is 0 Å². The van der Waals surface area contributed by atoms with Crippen LogP contribution in [0, 0.1) is 19.7 Å².